The minimum atomic E-state index is 0.251. The first-order valence-corrected chi connectivity index (χ1v) is 7.60. The highest BCUT2D eigenvalue weighted by Gasteiger charge is 2.41. The lowest BCUT2D eigenvalue weighted by atomic mass is 9.98. The van der Waals surface area contributed by atoms with E-state index in [9.17, 15) is 0 Å². The summed E-state index contributed by atoms with van der Waals surface area (Å²) >= 11 is 0. The molecule has 1 aliphatic heterocycles. The summed E-state index contributed by atoms with van der Waals surface area (Å²) in [6.45, 7) is 3.11. The van der Waals surface area contributed by atoms with Gasteiger partial charge < -0.3 is 10.1 Å². The molecule has 3 nitrogen and oxygen atoms in total. The van der Waals surface area contributed by atoms with Gasteiger partial charge in [0.1, 0.15) is 0 Å². The first-order valence-electron chi connectivity index (χ1n) is 7.60. The zero-order valence-electron chi connectivity index (χ0n) is 11.8. The van der Waals surface area contributed by atoms with Gasteiger partial charge in [-0.1, -0.05) is 18.9 Å². The summed E-state index contributed by atoms with van der Waals surface area (Å²) in [5.41, 5.74) is 1.36. The van der Waals surface area contributed by atoms with E-state index in [1.165, 1.54) is 38.5 Å². The van der Waals surface area contributed by atoms with Crippen LogP contribution in [0.1, 0.15) is 57.2 Å². The molecule has 2 atom stereocenters. The standard InChI is InChI=1S/C16H24N2O/c1-13(15-6-2-5-11-17-15)18-12-14-7-10-16(19-14)8-3-4-9-16/h2,5-6,11,13-14,18H,3-4,7-10,12H2,1H3/t13-,14?/m0/s1. The molecule has 1 aliphatic carbocycles. The minimum absolute atomic E-state index is 0.251. The Bertz CT molecular complexity index is 400. The number of rotatable bonds is 4. The lowest BCUT2D eigenvalue weighted by Crippen LogP contribution is -2.32. The molecule has 104 valence electrons. The van der Waals surface area contributed by atoms with Crippen molar-refractivity contribution in [3.8, 4) is 0 Å². The topological polar surface area (TPSA) is 34.1 Å². The lowest BCUT2D eigenvalue weighted by molar-refractivity contribution is -0.0358. The Balaban J connectivity index is 1.48. The quantitative estimate of drug-likeness (QED) is 0.902. The molecule has 0 aromatic carbocycles. The van der Waals surface area contributed by atoms with Gasteiger partial charge in [-0.2, -0.15) is 0 Å². The fraction of sp³-hybridized carbons (Fsp3) is 0.688. The third kappa shape index (κ3) is 2.98. The second-order valence-corrected chi connectivity index (χ2v) is 6.05. The lowest BCUT2D eigenvalue weighted by Gasteiger charge is -2.24. The van der Waals surface area contributed by atoms with E-state index in [2.05, 4.69) is 23.3 Å². The first kappa shape index (κ1) is 13.1. The van der Waals surface area contributed by atoms with Crippen LogP contribution in [0.5, 0.6) is 0 Å². The zero-order valence-corrected chi connectivity index (χ0v) is 11.8. The Hall–Kier alpha value is -0.930. The van der Waals surface area contributed by atoms with Gasteiger partial charge in [-0.15, -0.1) is 0 Å². The monoisotopic (exact) mass is 260 g/mol. The zero-order chi connectivity index (χ0) is 13.1. The third-order valence-corrected chi connectivity index (χ3v) is 4.64. The molecule has 2 fully saturated rings. The van der Waals surface area contributed by atoms with E-state index >= 15 is 0 Å². The Kier molecular flexibility index (Phi) is 3.85. The van der Waals surface area contributed by atoms with Crippen molar-refractivity contribution >= 4 is 0 Å². The predicted octanol–water partition coefficient (Wildman–Crippen LogP) is 3.22. The van der Waals surface area contributed by atoms with Crippen molar-refractivity contribution in [1.29, 1.82) is 0 Å². The molecule has 0 radical (unpaired) electrons. The van der Waals surface area contributed by atoms with E-state index < -0.39 is 0 Å². The maximum absolute atomic E-state index is 6.31. The molecule has 1 aromatic heterocycles. The van der Waals surface area contributed by atoms with Gasteiger partial charge >= 0.3 is 0 Å². The van der Waals surface area contributed by atoms with Gasteiger partial charge in [-0.05, 0) is 44.7 Å². The van der Waals surface area contributed by atoms with Crippen LogP contribution in [0, 0.1) is 0 Å². The smallest absolute Gasteiger partial charge is 0.0708 e. The summed E-state index contributed by atoms with van der Waals surface area (Å²) in [7, 11) is 0. The van der Waals surface area contributed by atoms with Gasteiger partial charge in [-0.3, -0.25) is 4.98 Å². The molecule has 0 amide bonds. The van der Waals surface area contributed by atoms with Gasteiger partial charge in [0.05, 0.1) is 17.4 Å². The summed E-state index contributed by atoms with van der Waals surface area (Å²) in [5, 5.41) is 3.56. The predicted molar refractivity (Wildman–Crippen MR) is 76.0 cm³/mol. The van der Waals surface area contributed by atoms with Gasteiger partial charge in [0.15, 0.2) is 0 Å². The molecule has 0 bridgehead atoms. The van der Waals surface area contributed by atoms with Crippen LogP contribution in [0.25, 0.3) is 0 Å². The molecule has 1 spiro atoms. The summed E-state index contributed by atoms with van der Waals surface area (Å²) in [6, 6.07) is 6.37. The molecular formula is C16H24N2O. The second kappa shape index (κ2) is 5.59. The van der Waals surface area contributed by atoms with Crippen LogP contribution >= 0.6 is 0 Å². The fourth-order valence-electron chi connectivity index (χ4n) is 3.47. The largest absolute Gasteiger partial charge is 0.370 e. The van der Waals surface area contributed by atoms with Crippen molar-refractivity contribution in [3.05, 3.63) is 30.1 Å². The summed E-state index contributed by atoms with van der Waals surface area (Å²) < 4.78 is 6.31. The molecule has 1 aromatic rings. The molecule has 2 heterocycles. The maximum atomic E-state index is 6.31. The Morgan fingerprint density at radius 2 is 2.21 bits per heavy atom. The van der Waals surface area contributed by atoms with Crippen molar-refractivity contribution < 1.29 is 4.74 Å². The van der Waals surface area contributed by atoms with Crippen LogP contribution in [-0.2, 0) is 4.74 Å². The molecule has 19 heavy (non-hydrogen) atoms. The highest BCUT2D eigenvalue weighted by Crippen LogP contribution is 2.43. The number of pyridine rings is 1. The van der Waals surface area contributed by atoms with Crippen LogP contribution in [0.2, 0.25) is 0 Å². The van der Waals surface area contributed by atoms with Crippen molar-refractivity contribution in [2.45, 2.75) is 63.2 Å². The van der Waals surface area contributed by atoms with Gasteiger partial charge in [0, 0.05) is 18.8 Å². The molecule has 1 saturated carbocycles. The van der Waals surface area contributed by atoms with E-state index in [0.717, 1.165) is 12.2 Å². The molecule has 1 unspecified atom stereocenters. The number of ether oxygens (including phenoxy) is 1. The molecule has 3 rings (SSSR count). The van der Waals surface area contributed by atoms with E-state index in [4.69, 9.17) is 4.74 Å². The van der Waals surface area contributed by atoms with Crippen LogP contribution in [0.4, 0.5) is 0 Å². The van der Waals surface area contributed by atoms with E-state index in [-0.39, 0.29) is 5.60 Å². The van der Waals surface area contributed by atoms with Crippen LogP contribution in [0.15, 0.2) is 24.4 Å². The first-order chi connectivity index (χ1) is 9.27. The number of hydrogen-bond donors (Lipinski definition) is 1. The van der Waals surface area contributed by atoms with Crippen molar-refractivity contribution in [3.63, 3.8) is 0 Å². The van der Waals surface area contributed by atoms with Crippen molar-refractivity contribution in [2.75, 3.05) is 6.54 Å². The van der Waals surface area contributed by atoms with Gasteiger partial charge in [0.2, 0.25) is 0 Å². The highest BCUT2D eigenvalue weighted by atomic mass is 16.5. The van der Waals surface area contributed by atoms with E-state index in [0.29, 0.717) is 12.1 Å². The number of nitrogens with zero attached hydrogens (tertiary/aromatic N) is 1. The molecule has 1 N–H and O–H groups in total. The summed E-state index contributed by atoms with van der Waals surface area (Å²) in [4.78, 5) is 4.39. The Morgan fingerprint density at radius 3 is 2.95 bits per heavy atom. The number of hydrogen-bond acceptors (Lipinski definition) is 3. The van der Waals surface area contributed by atoms with E-state index in [1.54, 1.807) is 0 Å². The fourth-order valence-corrected chi connectivity index (χ4v) is 3.47. The maximum Gasteiger partial charge on any atom is 0.0708 e. The SMILES string of the molecule is C[C@H](NCC1CCC2(CCCC2)O1)c1ccccn1. The van der Waals surface area contributed by atoms with Crippen LogP contribution in [-0.4, -0.2) is 23.2 Å². The van der Waals surface area contributed by atoms with Gasteiger partial charge in [-0.25, -0.2) is 0 Å². The average Bonchev–Trinajstić information content (AvgIpc) is 3.08. The van der Waals surface area contributed by atoms with Crippen molar-refractivity contribution in [1.82, 2.24) is 10.3 Å². The summed E-state index contributed by atoms with van der Waals surface area (Å²) in [6.07, 6.45) is 9.98. The minimum Gasteiger partial charge on any atom is -0.370 e. The highest BCUT2D eigenvalue weighted by molar-refractivity contribution is 5.07. The third-order valence-electron chi connectivity index (χ3n) is 4.64. The molecule has 3 heteroatoms. The van der Waals surface area contributed by atoms with Crippen molar-refractivity contribution in [2.24, 2.45) is 0 Å². The average molecular weight is 260 g/mol. The number of nitrogens with one attached hydrogen (secondary N) is 1. The van der Waals surface area contributed by atoms with Crippen LogP contribution in [0.3, 0.4) is 0 Å². The summed E-state index contributed by atoms with van der Waals surface area (Å²) in [5.74, 6) is 0. The normalized spacial score (nSPS) is 26.9. The van der Waals surface area contributed by atoms with Crippen LogP contribution < -0.4 is 5.32 Å². The molecule has 2 aliphatic rings. The molecular weight excluding hydrogens is 236 g/mol. The van der Waals surface area contributed by atoms with Gasteiger partial charge in [0.25, 0.3) is 0 Å². The number of aromatic nitrogens is 1. The Morgan fingerprint density at radius 1 is 1.37 bits per heavy atom. The second-order valence-electron chi connectivity index (χ2n) is 6.05. The van der Waals surface area contributed by atoms with E-state index in [1.807, 2.05) is 18.3 Å². The Labute approximate surface area is 115 Å². The molecule has 1 saturated heterocycles.